The minimum absolute atomic E-state index is 0.0830. The summed E-state index contributed by atoms with van der Waals surface area (Å²) < 4.78 is 0. The third-order valence-electron chi connectivity index (χ3n) is 8.00. The zero-order valence-corrected chi connectivity index (χ0v) is 13.7. The van der Waals surface area contributed by atoms with Crippen LogP contribution in [0, 0.1) is 34.5 Å². The van der Waals surface area contributed by atoms with E-state index in [4.69, 9.17) is 0 Å². The highest BCUT2D eigenvalue weighted by molar-refractivity contribution is 5.91. The molecule has 4 aliphatic carbocycles. The second-order valence-corrected chi connectivity index (χ2v) is 8.77. The molecule has 0 aromatic heterocycles. The highest BCUT2D eigenvalue weighted by Gasteiger charge is 2.62. The first-order chi connectivity index (χ1) is 10.4. The molecule has 22 heavy (non-hydrogen) atoms. The summed E-state index contributed by atoms with van der Waals surface area (Å²) in [5.41, 5.74) is -0.107. The molecule has 0 unspecified atom stereocenters. The quantitative estimate of drug-likeness (QED) is 0.689. The van der Waals surface area contributed by atoms with E-state index in [-0.39, 0.29) is 28.6 Å². The number of hydrogen-bond acceptors (Lipinski definition) is 3. The monoisotopic (exact) mass is 302 g/mol. The van der Waals surface area contributed by atoms with Crippen molar-refractivity contribution in [1.29, 1.82) is 0 Å². The second-order valence-electron chi connectivity index (χ2n) is 8.77. The molecular weight excluding hydrogens is 276 g/mol. The van der Waals surface area contributed by atoms with Gasteiger partial charge in [-0.05, 0) is 48.9 Å². The Hall–Kier alpha value is -0.990. The van der Waals surface area contributed by atoms with Crippen LogP contribution in [0.1, 0.15) is 65.2 Å². The van der Waals surface area contributed by atoms with E-state index in [2.05, 4.69) is 13.8 Å². The van der Waals surface area contributed by atoms with Crippen molar-refractivity contribution < 1.29 is 14.4 Å². The number of fused-ring (bicyclic) bond motifs is 5. The minimum atomic E-state index is -0.246. The van der Waals surface area contributed by atoms with E-state index in [1.165, 1.54) is 0 Å². The van der Waals surface area contributed by atoms with Gasteiger partial charge in [-0.1, -0.05) is 13.8 Å². The molecular formula is C19H26O3. The molecule has 4 saturated carbocycles. The summed E-state index contributed by atoms with van der Waals surface area (Å²) in [4.78, 5) is 37.1. The van der Waals surface area contributed by atoms with Gasteiger partial charge < -0.3 is 0 Å². The molecule has 6 atom stereocenters. The van der Waals surface area contributed by atoms with Crippen molar-refractivity contribution in [3.8, 4) is 0 Å². The van der Waals surface area contributed by atoms with Crippen LogP contribution in [0.25, 0.3) is 0 Å². The van der Waals surface area contributed by atoms with Crippen LogP contribution >= 0.6 is 0 Å². The van der Waals surface area contributed by atoms with Crippen LogP contribution in [0.3, 0.4) is 0 Å². The normalized spacial score (nSPS) is 51.3. The average molecular weight is 302 g/mol. The topological polar surface area (TPSA) is 51.2 Å². The molecule has 4 aliphatic rings. The Kier molecular flexibility index (Phi) is 3.00. The number of rotatable bonds is 0. The van der Waals surface area contributed by atoms with Crippen molar-refractivity contribution in [1.82, 2.24) is 0 Å². The summed E-state index contributed by atoms with van der Waals surface area (Å²) in [6, 6.07) is 0. The lowest BCUT2D eigenvalue weighted by atomic mass is 9.45. The molecule has 120 valence electrons. The molecule has 0 radical (unpaired) electrons. The van der Waals surface area contributed by atoms with E-state index in [1.54, 1.807) is 0 Å². The lowest BCUT2D eigenvalue weighted by Crippen LogP contribution is -2.57. The highest BCUT2D eigenvalue weighted by atomic mass is 16.1. The Morgan fingerprint density at radius 1 is 0.909 bits per heavy atom. The van der Waals surface area contributed by atoms with Gasteiger partial charge in [0.05, 0.1) is 0 Å². The van der Waals surface area contributed by atoms with Crippen molar-refractivity contribution in [2.45, 2.75) is 65.2 Å². The van der Waals surface area contributed by atoms with Crippen molar-refractivity contribution in [2.24, 2.45) is 34.5 Å². The highest BCUT2D eigenvalue weighted by Crippen LogP contribution is 2.64. The fourth-order valence-electron chi connectivity index (χ4n) is 6.50. The van der Waals surface area contributed by atoms with Crippen LogP contribution in [0.2, 0.25) is 0 Å². The summed E-state index contributed by atoms with van der Waals surface area (Å²) in [7, 11) is 0. The Bertz CT molecular complexity index is 565. The van der Waals surface area contributed by atoms with Crippen LogP contribution in [0.15, 0.2) is 0 Å². The standard InChI is InChI=1S/C19H26O3/c1-18-7-5-12(20)9-11(18)10-15(21)17-13-3-4-16(22)19(13,2)8-6-14(17)18/h11,13-14,17H,3-10H2,1-2H3/t11-,13-,14-,17-,18-,19-/m0/s1. The van der Waals surface area contributed by atoms with Gasteiger partial charge in [0.15, 0.2) is 0 Å². The van der Waals surface area contributed by atoms with Crippen molar-refractivity contribution in [2.75, 3.05) is 0 Å². The van der Waals surface area contributed by atoms with Gasteiger partial charge in [0.25, 0.3) is 0 Å². The van der Waals surface area contributed by atoms with E-state index in [0.717, 1.165) is 25.7 Å². The number of ketones is 3. The van der Waals surface area contributed by atoms with Gasteiger partial charge in [-0.15, -0.1) is 0 Å². The smallest absolute Gasteiger partial charge is 0.139 e. The summed E-state index contributed by atoms with van der Waals surface area (Å²) >= 11 is 0. The van der Waals surface area contributed by atoms with Gasteiger partial charge in [-0.25, -0.2) is 0 Å². The lowest BCUT2D eigenvalue weighted by Gasteiger charge is -2.58. The molecule has 4 fully saturated rings. The molecule has 4 rings (SSSR count). The SMILES string of the molecule is C[C@]12CCC(=O)C[C@H]1CC(=O)[C@@H]1[C@@H]2CC[C@]2(C)C(=O)CC[C@@H]12. The first-order valence-corrected chi connectivity index (χ1v) is 8.94. The molecule has 0 aromatic rings. The lowest BCUT2D eigenvalue weighted by molar-refractivity contribution is -0.158. The van der Waals surface area contributed by atoms with E-state index in [9.17, 15) is 14.4 Å². The zero-order valence-electron chi connectivity index (χ0n) is 13.7. The van der Waals surface area contributed by atoms with Crippen LogP contribution in [-0.4, -0.2) is 17.3 Å². The molecule has 0 aromatic carbocycles. The molecule has 0 aliphatic heterocycles. The third kappa shape index (κ3) is 1.71. The summed E-state index contributed by atoms with van der Waals surface area (Å²) in [5, 5.41) is 0. The van der Waals surface area contributed by atoms with Gasteiger partial charge in [0, 0.05) is 37.0 Å². The predicted molar refractivity (Wildman–Crippen MR) is 82.1 cm³/mol. The maximum atomic E-state index is 12.9. The third-order valence-corrected chi connectivity index (χ3v) is 8.00. The van der Waals surface area contributed by atoms with E-state index >= 15 is 0 Å². The first kappa shape index (κ1) is 14.6. The van der Waals surface area contributed by atoms with Crippen LogP contribution in [0.4, 0.5) is 0 Å². The first-order valence-electron chi connectivity index (χ1n) is 8.94. The van der Waals surface area contributed by atoms with Gasteiger partial charge in [-0.2, -0.15) is 0 Å². The molecule has 0 N–H and O–H groups in total. The van der Waals surface area contributed by atoms with E-state index in [0.29, 0.717) is 49.0 Å². The summed E-state index contributed by atoms with van der Waals surface area (Å²) in [5.74, 6) is 2.08. The average Bonchev–Trinajstić information content (AvgIpc) is 2.77. The maximum Gasteiger partial charge on any atom is 0.139 e. The van der Waals surface area contributed by atoms with Crippen LogP contribution in [-0.2, 0) is 14.4 Å². The molecule has 0 bridgehead atoms. The largest absolute Gasteiger partial charge is 0.300 e. The van der Waals surface area contributed by atoms with E-state index in [1.807, 2.05) is 0 Å². The molecule has 0 saturated heterocycles. The predicted octanol–water partition coefficient (Wildman–Crippen LogP) is 3.35. The maximum absolute atomic E-state index is 12.9. The number of carbonyl (C=O) groups excluding carboxylic acids is 3. The fourth-order valence-corrected chi connectivity index (χ4v) is 6.50. The minimum Gasteiger partial charge on any atom is -0.300 e. The molecule has 3 nitrogen and oxygen atoms in total. The number of carbonyl (C=O) groups is 3. The Morgan fingerprint density at radius 2 is 1.68 bits per heavy atom. The molecule has 0 heterocycles. The van der Waals surface area contributed by atoms with Gasteiger partial charge in [0.2, 0.25) is 0 Å². The Morgan fingerprint density at radius 3 is 2.45 bits per heavy atom. The Labute approximate surface area is 132 Å². The molecule has 0 spiro atoms. The van der Waals surface area contributed by atoms with E-state index < -0.39 is 0 Å². The van der Waals surface area contributed by atoms with Gasteiger partial charge in [0.1, 0.15) is 17.3 Å². The number of hydrogen-bond donors (Lipinski definition) is 0. The second kappa shape index (κ2) is 4.52. The van der Waals surface area contributed by atoms with Crippen LogP contribution in [0.5, 0.6) is 0 Å². The van der Waals surface area contributed by atoms with Gasteiger partial charge >= 0.3 is 0 Å². The van der Waals surface area contributed by atoms with Crippen LogP contribution < -0.4 is 0 Å². The van der Waals surface area contributed by atoms with Gasteiger partial charge in [-0.3, -0.25) is 14.4 Å². The summed E-state index contributed by atoms with van der Waals surface area (Å²) in [6.07, 6.45) is 6.32. The Balaban J connectivity index is 1.72. The molecule has 0 amide bonds. The van der Waals surface area contributed by atoms with Crippen molar-refractivity contribution in [3.63, 3.8) is 0 Å². The number of Topliss-reactive ketones (excluding diaryl/α,β-unsaturated/α-hetero) is 3. The van der Waals surface area contributed by atoms with Crippen molar-refractivity contribution in [3.05, 3.63) is 0 Å². The summed E-state index contributed by atoms with van der Waals surface area (Å²) in [6.45, 7) is 4.43. The zero-order chi connectivity index (χ0) is 15.7. The molecule has 3 heteroatoms. The fraction of sp³-hybridized carbons (Fsp3) is 0.842. The van der Waals surface area contributed by atoms with Crippen molar-refractivity contribution >= 4 is 17.3 Å².